The molecule has 0 spiro atoms. The molecule has 0 bridgehead atoms. The highest BCUT2D eigenvalue weighted by atomic mass is 16.5. The number of aromatic nitrogens is 1. The summed E-state index contributed by atoms with van der Waals surface area (Å²) in [6.45, 7) is 3.29. The second-order valence-corrected chi connectivity index (χ2v) is 3.13. The van der Waals surface area contributed by atoms with Crippen LogP contribution < -0.4 is 9.64 Å². The van der Waals surface area contributed by atoms with Gasteiger partial charge in [0, 0.05) is 19.3 Å². The van der Waals surface area contributed by atoms with Gasteiger partial charge in [-0.3, -0.25) is 0 Å². The van der Waals surface area contributed by atoms with Crippen LogP contribution in [0.15, 0.2) is 18.3 Å². The summed E-state index contributed by atoms with van der Waals surface area (Å²) in [5, 5.41) is 0. The van der Waals surface area contributed by atoms with E-state index in [0.717, 1.165) is 37.9 Å². The third-order valence-corrected chi connectivity index (χ3v) is 2.28. The zero-order valence-electron chi connectivity index (χ0n) is 8.27. The van der Waals surface area contributed by atoms with E-state index in [2.05, 4.69) is 9.88 Å². The molecular formula is C10H14N2O2. The van der Waals surface area contributed by atoms with E-state index in [1.54, 1.807) is 13.3 Å². The van der Waals surface area contributed by atoms with Gasteiger partial charge in [0.15, 0.2) is 11.6 Å². The lowest BCUT2D eigenvalue weighted by Gasteiger charge is -2.28. The molecule has 0 N–H and O–H groups in total. The van der Waals surface area contributed by atoms with Crippen molar-refractivity contribution >= 4 is 5.82 Å². The molecule has 0 amide bonds. The fourth-order valence-corrected chi connectivity index (χ4v) is 1.55. The van der Waals surface area contributed by atoms with Crippen molar-refractivity contribution in [2.75, 3.05) is 38.3 Å². The second-order valence-electron chi connectivity index (χ2n) is 3.13. The average Bonchev–Trinajstić information content (AvgIpc) is 2.30. The number of methoxy groups -OCH3 is 1. The molecule has 1 aromatic heterocycles. The average molecular weight is 194 g/mol. The number of hydrogen-bond donors (Lipinski definition) is 0. The molecule has 0 radical (unpaired) electrons. The molecule has 0 unspecified atom stereocenters. The predicted octanol–water partition coefficient (Wildman–Crippen LogP) is 0.927. The minimum absolute atomic E-state index is 0.764. The van der Waals surface area contributed by atoms with Crippen molar-refractivity contribution in [1.82, 2.24) is 4.98 Å². The molecule has 4 nitrogen and oxygen atoms in total. The van der Waals surface area contributed by atoms with E-state index in [9.17, 15) is 0 Å². The van der Waals surface area contributed by atoms with Crippen molar-refractivity contribution in [2.45, 2.75) is 0 Å². The van der Waals surface area contributed by atoms with Crippen LogP contribution in [0.4, 0.5) is 5.82 Å². The number of morpholine rings is 1. The van der Waals surface area contributed by atoms with Crippen molar-refractivity contribution < 1.29 is 9.47 Å². The highest BCUT2D eigenvalue weighted by Gasteiger charge is 2.15. The first-order valence-corrected chi connectivity index (χ1v) is 4.73. The minimum atomic E-state index is 0.764. The molecule has 2 rings (SSSR count). The molecular weight excluding hydrogens is 180 g/mol. The van der Waals surface area contributed by atoms with Crippen molar-refractivity contribution in [1.29, 1.82) is 0 Å². The summed E-state index contributed by atoms with van der Waals surface area (Å²) in [5.74, 6) is 1.74. The molecule has 0 aliphatic carbocycles. The fourth-order valence-electron chi connectivity index (χ4n) is 1.55. The Labute approximate surface area is 83.5 Å². The molecule has 1 saturated heterocycles. The maximum Gasteiger partial charge on any atom is 0.171 e. The van der Waals surface area contributed by atoms with Crippen LogP contribution in [0.1, 0.15) is 0 Å². The lowest BCUT2D eigenvalue weighted by molar-refractivity contribution is 0.122. The van der Waals surface area contributed by atoms with Crippen LogP contribution in [0.3, 0.4) is 0 Å². The summed E-state index contributed by atoms with van der Waals surface area (Å²) >= 11 is 0. The van der Waals surface area contributed by atoms with Gasteiger partial charge in [-0.2, -0.15) is 0 Å². The zero-order valence-corrected chi connectivity index (χ0v) is 8.27. The van der Waals surface area contributed by atoms with Crippen molar-refractivity contribution in [3.05, 3.63) is 18.3 Å². The molecule has 1 aromatic rings. The Kier molecular flexibility index (Phi) is 2.84. The summed E-state index contributed by atoms with van der Waals surface area (Å²) in [4.78, 5) is 6.50. The summed E-state index contributed by atoms with van der Waals surface area (Å²) in [7, 11) is 1.67. The molecule has 0 aromatic carbocycles. The summed E-state index contributed by atoms with van der Waals surface area (Å²) in [6.07, 6.45) is 1.79. The third-order valence-electron chi connectivity index (χ3n) is 2.28. The van der Waals surface area contributed by atoms with Gasteiger partial charge in [0.1, 0.15) is 0 Å². The van der Waals surface area contributed by atoms with Gasteiger partial charge in [-0.15, -0.1) is 0 Å². The predicted molar refractivity (Wildman–Crippen MR) is 53.8 cm³/mol. The largest absolute Gasteiger partial charge is 0.493 e. The van der Waals surface area contributed by atoms with E-state index < -0.39 is 0 Å². The van der Waals surface area contributed by atoms with E-state index in [-0.39, 0.29) is 0 Å². The Morgan fingerprint density at radius 3 is 2.93 bits per heavy atom. The van der Waals surface area contributed by atoms with Gasteiger partial charge >= 0.3 is 0 Å². The molecule has 14 heavy (non-hydrogen) atoms. The van der Waals surface area contributed by atoms with Crippen LogP contribution in [0.5, 0.6) is 5.75 Å². The van der Waals surface area contributed by atoms with Crippen LogP contribution in [-0.2, 0) is 4.74 Å². The topological polar surface area (TPSA) is 34.6 Å². The number of hydrogen-bond acceptors (Lipinski definition) is 4. The van der Waals surface area contributed by atoms with Crippen LogP contribution in [0.2, 0.25) is 0 Å². The molecule has 76 valence electrons. The van der Waals surface area contributed by atoms with Gasteiger partial charge in [0.25, 0.3) is 0 Å². The molecule has 1 fully saturated rings. The van der Waals surface area contributed by atoms with E-state index in [4.69, 9.17) is 9.47 Å². The molecule has 1 aliphatic rings. The second kappa shape index (κ2) is 4.28. The molecule has 2 heterocycles. The van der Waals surface area contributed by atoms with Crippen LogP contribution >= 0.6 is 0 Å². The minimum Gasteiger partial charge on any atom is -0.493 e. The van der Waals surface area contributed by atoms with Gasteiger partial charge in [0.2, 0.25) is 0 Å². The summed E-state index contributed by atoms with van der Waals surface area (Å²) < 4.78 is 10.5. The lowest BCUT2D eigenvalue weighted by atomic mass is 10.3. The van der Waals surface area contributed by atoms with Crippen molar-refractivity contribution in [3.63, 3.8) is 0 Å². The van der Waals surface area contributed by atoms with Gasteiger partial charge in [-0.05, 0) is 12.1 Å². The van der Waals surface area contributed by atoms with E-state index in [1.807, 2.05) is 12.1 Å². The van der Waals surface area contributed by atoms with Gasteiger partial charge < -0.3 is 14.4 Å². The highest BCUT2D eigenvalue weighted by Crippen LogP contribution is 2.24. The zero-order chi connectivity index (χ0) is 9.80. The van der Waals surface area contributed by atoms with Crippen LogP contribution in [0.25, 0.3) is 0 Å². The maximum atomic E-state index is 5.28. The Bertz CT molecular complexity index is 298. The fraction of sp³-hybridized carbons (Fsp3) is 0.500. The molecule has 1 aliphatic heterocycles. The van der Waals surface area contributed by atoms with Crippen LogP contribution in [-0.4, -0.2) is 38.4 Å². The van der Waals surface area contributed by atoms with E-state index in [1.165, 1.54) is 0 Å². The van der Waals surface area contributed by atoms with Gasteiger partial charge in [-0.1, -0.05) is 0 Å². The third kappa shape index (κ3) is 1.80. The van der Waals surface area contributed by atoms with Crippen LogP contribution in [0, 0.1) is 0 Å². The smallest absolute Gasteiger partial charge is 0.171 e. The Morgan fingerprint density at radius 2 is 2.21 bits per heavy atom. The maximum absolute atomic E-state index is 5.28. The number of rotatable bonds is 2. The Balaban J connectivity index is 2.20. The Hall–Kier alpha value is -1.29. The van der Waals surface area contributed by atoms with Gasteiger partial charge in [-0.25, -0.2) is 4.98 Å². The number of pyridine rings is 1. The monoisotopic (exact) mass is 194 g/mol. The van der Waals surface area contributed by atoms with E-state index in [0.29, 0.717) is 0 Å². The Morgan fingerprint density at radius 1 is 1.43 bits per heavy atom. The number of ether oxygens (including phenoxy) is 2. The molecule has 4 heteroatoms. The standard InChI is InChI=1S/C10H14N2O2/c1-13-9-3-2-4-11-10(9)12-5-7-14-8-6-12/h2-4H,5-8H2,1H3. The highest BCUT2D eigenvalue weighted by molar-refractivity contribution is 5.52. The first-order chi connectivity index (χ1) is 6.92. The van der Waals surface area contributed by atoms with Gasteiger partial charge in [0.05, 0.1) is 20.3 Å². The van der Waals surface area contributed by atoms with Crippen molar-refractivity contribution in [3.8, 4) is 5.75 Å². The number of nitrogens with zero attached hydrogens (tertiary/aromatic N) is 2. The summed E-state index contributed by atoms with van der Waals surface area (Å²) in [6, 6.07) is 3.81. The normalized spacial score (nSPS) is 16.8. The van der Waals surface area contributed by atoms with Crippen molar-refractivity contribution in [2.24, 2.45) is 0 Å². The lowest BCUT2D eigenvalue weighted by Crippen LogP contribution is -2.36. The molecule has 0 atom stereocenters. The van der Waals surface area contributed by atoms with E-state index >= 15 is 0 Å². The summed E-state index contributed by atoms with van der Waals surface area (Å²) in [5.41, 5.74) is 0. The first kappa shape index (κ1) is 9.27. The first-order valence-electron chi connectivity index (χ1n) is 4.73. The quantitative estimate of drug-likeness (QED) is 0.701. The SMILES string of the molecule is COc1cccnc1N1CCOCC1. The molecule has 0 saturated carbocycles. The number of anilines is 1.